The largest absolute Gasteiger partial charge is 0.446 e. The van der Waals surface area contributed by atoms with E-state index in [2.05, 4.69) is 64.8 Å². The van der Waals surface area contributed by atoms with E-state index in [-0.39, 0.29) is 17.6 Å². The van der Waals surface area contributed by atoms with Crippen molar-refractivity contribution in [2.75, 3.05) is 26.2 Å². The molecule has 52 heavy (non-hydrogen) atoms. The second kappa shape index (κ2) is 21.3. The maximum atomic E-state index is 13.1. The Balaban J connectivity index is 1.26. The molecule has 3 N–H and O–H groups in total. The van der Waals surface area contributed by atoms with Gasteiger partial charge in [0.05, 0.1) is 12.2 Å². The minimum atomic E-state index is -0.410. The number of allylic oxidation sites excluding steroid dienone is 1. The zero-order chi connectivity index (χ0) is 37.7. The van der Waals surface area contributed by atoms with Gasteiger partial charge in [-0.25, -0.2) is 4.79 Å². The van der Waals surface area contributed by atoms with Gasteiger partial charge in [0, 0.05) is 32.6 Å². The molecule has 1 amide bonds. The van der Waals surface area contributed by atoms with E-state index in [0.29, 0.717) is 31.6 Å². The van der Waals surface area contributed by atoms with Crippen molar-refractivity contribution in [3.63, 3.8) is 0 Å². The third-order valence-electron chi connectivity index (χ3n) is 15.0. The number of aliphatic hydroxyl groups is 2. The first kappa shape index (κ1) is 43.6. The summed E-state index contributed by atoms with van der Waals surface area (Å²) in [7, 11) is 0. The Labute approximate surface area is 321 Å². The van der Waals surface area contributed by atoms with Crippen LogP contribution < -0.4 is 5.32 Å². The van der Waals surface area contributed by atoms with Crippen LogP contribution in [-0.4, -0.2) is 65.7 Å². The molecule has 0 aromatic carbocycles. The van der Waals surface area contributed by atoms with E-state index in [1.165, 1.54) is 77.0 Å². The molecule has 3 unspecified atom stereocenters. The maximum Gasteiger partial charge on any atom is 0.407 e. The second-order valence-corrected chi connectivity index (χ2v) is 19.3. The van der Waals surface area contributed by atoms with Crippen LogP contribution >= 0.6 is 0 Å². The van der Waals surface area contributed by atoms with Crippen LogP contribution in [0.5, 0.6) is 0 Å². The fraction of sp³-hybridized carbons (Fsp3) is 0.935. The summed E-state index contributed by atoms with van der Waals surface area (Å²) in [6, 6.07) is 0. The van der Waals surface area contributed by atoms with Crippen LogP contribution in [0.4, 0.5) is 4.79 Å². The zero-order valence-electron chi connectivity index (χ0n) is 35.1. The quantitative estimate of drug-likeness (QED) is 0.0721. The number of nitrogens with zero attached hydrogens (tertiary/aromatic N) is 1. The summed E-state index contributed by atoms with van der Waals surface area (Å²) in [5, 5.41) is 24.6. The highest BCUT2D eigenvalue weighted by molar-refractivity contribution is 5.67. The van der Waals surface area contributed by atoms with Crippen LogP contribution in [0.1, 0.15) is 183 Å². The van der Waals surface area contributed by atoms with Gasteiger partial charge in [0.2, 0.25) is 0 Å². The van der Waals surface area contributed by atoms with Gasteiger partial charge < -0.3 is 20.3 Å². The summed E-state index contributed by atoms with van der Waals surface area (Å²) in [5.74, 6) is 4.99. The molecule has 3 fully saturated rings. The molecule has 0 saturated heterocycles. The van der Waals surface area contributed by atoms with Crippen molar-refractivity contribution in [1.82, 2.24) is 10.2 Å². The van der Waals surface area contributed by atoms with E-state index in [4.69, 9.17) is 4.74 Å². The van der Waals surface area contributed by atoms with Crippen molar-refractivity contribution >= 4 is 6.09 Å². The highest BCUT2D eigenvalue weighted by Crippen LogP contribution is 2.67. The lowest BCUT2D eigenvalue weighted by atomic mass is 9.47. The number of hydrogen-bond donors (Lipinski definition) is 3. The van der Waals surface area contributed by atoms with Gasteiger partial charge in [-0.2, -0.15) is 0 Å². The molecule has 10 atom stereocenters. The van der Waals surface area contributed by atoms with E-state index in [1.807, 2.05) is 0 Å². The molecular formula is C46H84N2O4. The highest BCUT2D eigenvalue weighted by Gasteiger charge is 2.59. The van der Waals surface area contributed by atoms with Crippen molar-refractivity contribution in [1.29, 1.82) is 0 Å². The first-order chi connectivity index (χ1) is 24.9. The number of nitrogens with one attached hydrogen (secondary N) is 1. The smallest absolute Gasteiger partial charge is 0.407 e. The number of carbonyl (C=O) groups excluding carboxylic acids is 1. The lowest BCUT2D eigenvalue weighted by Gasteiger charge is -2.58. The number of unbranched alkanes of at least 4 members (excludes halogenated alkanes) is 6. The minimum absolute atomic E-state index is 0.0572. The van der Waals surface area contributed by atoms with Gasteiger partial charge >= 0.3 is 6.09 Å². The SMILES string of the molecule is CCCCCCC(O)CN(CCNC(=O)O[C@H]1CC[C@@]2(C)C(=CCC3[C@@H]4CC[C@H]([C@H](C)CCCC(C)C)[C@@]4(C)CC[C@@H]32)C1)CC(O)CCCCCC. The van der Waals surface area contributed by atoms with E-state index in [1.54, 1.807) is 5.57 Å². The average Bonchev–Trinajstić information content (AvgIpc) is 3.46. The highest BCUT2D eigenvalue weighted by atomic mass is 16.6. The molecule has 302 valence electrons. The Bertz CT molecular complexity index is 1060. The first-order valence-electron chi connectivity index (χ1n) is 22.6. The predicted molar refractivity (Wildman–Crippen MR) is 217 cm³/mol. The van der Waals surface area contributed by atoms with Crippen molar-refractivity contribution in [2.24, 2.45) is 46.3 Å². The Morgan fingerprint density at radius 2 is 1.52 bits per heavy atom. The number of ether oxygens (including phenoxy) is 1. The van der Waals surface area contributed by atoms with Crippen molar-refractivity contribution in [2.45, 2.75) is 202 Å². The number of hydrogen-bond acceptors (Lipinski definition) is 5. The van der Waals surface area contributed by atoms with Gasteiger partial charge in [0.15, 0.2) is 0 Å². The molecule has 0 radical (unpaired) electrons. The van der Waals surface area contributed by atoms with Crippen LogP contribution in [0.15, 0.2) is 11.6 Å². The molecule has 0 bridgehead atoms. The number of rotatable bonds is 23. The van der Waals surface area contributed by atoms with Crippen LogP contribution in [0.25, 0.3) is 0 Å². The molecule has 6 heteroatoms. The second-order valence-electron chi connectivity index (χ2n) is 19.3. The Morgan fingerprint density at radius 1 is 0.846 bits per heavy atom. The fourth-order valence-electron chi connectivity index (χ4n) is 11.9. The molecule has 0 aromatic rings. The van der Waals surface area contributed by atoms with Gasteiger partial charge in [0.1, 0.15) is 6.10 Å². The van der Waals surface area contributed by atoms with Gasteiger partial charge in [0.25, 0.3) is 0 Å². The van der Waals surface area contributed by atoms with Crippen LogP contribution in [0.2, 0.25) is 0 Å². The average molecular weight is 729 g/mol. The number of aliphatic hydroxyl groups excluding tert-OH is 2. The zero-order valence-corrected chi connectivity index (χ0v) is 35.1. The molecule has 0 spiro atoms. The lowest BCUT2D eigenvalue weighted by Crippen LogP contribution is -2.51. The predicted octanol–water partition coefficient (Wildman–Crippen LogP) is 11.1. The van der Waals surface area contributed by atoms with Gasteiger partial charge in [-0.15, -0.1) is 0 Å². The minimum Gasteiger partial charge on any atom is -0.446 e. The molecular weight excluding hydrogens is 645 g/mol. The molecule has 0 heterocycles. The molecule has 0 aromatic heterocycles. The van der Waals surface area contributed by atoms with E-state index in [9.17, 15) is 15.0 Å². The standard InChI is InChI=1S/C46H84N2O4/c1-8-10-12-14-19-37(49)32-48(33-38(50)20-15-13-11-9-2)30-29-47-44(51)52-39-25-27-45(6)36(31-39)21-22-40-42-24-23-41(35(5)18-16-17-34(3)4)46(42,7)28-26-43(40)45/h21,34-35,37-43,49-50H,8-20,22-33H2,1-7H3,(H,47,51)/t35-,37?,38?,39+,40?,41-,42+,43+,45+,46-/m1/s1. The summed E-state index contributed by atoms with van der Waals surface area (Å²) in [6.07, 6.45) is 26.1. The summed E-state index contributed by atoms with van der Waals surface area (Å²) in [6.45, 7) is 19.1. The Hall–Kier alpha value is -1.11. The number of amides is 1. The van der Waals surface area contributed by atoms with Crippen LogP contribution in [0, 0.1) is 46.3 Å². The summed E-state index contributed by atoms with van der Waals surface area (Å²) < 4.78 is 6.08. The molecule has 4 rings (SSSR count). The first-order valence-corrected chi connectivity index (χ1v) is 22.6. The van der Waals surface area contributed by atoms with E-state index in [0.717, 1.165) is 93.3 Å². The summed E-state index contributed by atoms with van der Waals surface area (Å²) in [5.41, 5.74) is 2.31. The van der Waals surface area contributed by atoms with Gasteiger partial charge in [-0.1, -0.05) is 131 Å². The summed E-state index contributed by atoms with van der Waals surface area (Å²) in [4.78, 5) is 15.2. The van der Waals surface area contributed by atoms with Gasteiger partial charge in [-0.05, 0) is 104 Å². The number of fused-ring (bicyclic) bond motifs is 5. The fourth-order valence-corrected chi connectivity index (χ4v) is 11.9. The van der Waals surface area contributed by atoms with E-state index < -0.39 is 12.2 Å². The van der Waals surface area contributed by atoms with Crippen molar-refractivity contribution in [3.8, 4) is 0 Å². The molecule has 4 aliphatic rings. The van der Waals surface area contributed by atoms with E-state index >= 15 is 0 Å². The Morgan fingerprint density at radius 3 is 2.15 bits per heavy atom. The number of carbonyl (C=O) groups is 1. The van der Waals surface area contributed by atoms with Crippen LogP contribution in [-0.2, 0) is 4.74 Å². The monoisotopic (exact) mass is 729 g/mol. The van der Waals surface area contributed by atoms with Crippen molar-refractivity contribution < 1.29 is 19.7 Å². The molecule has 3 saturated carbocycles. The topological polar surface area (TPSA) is 82.0 Å². The number of alkyl carbamates (subject to hydrolysis) is 1. The van der Waals surface area contributed by atoms with Crippen LogP contribution in [0.3, 0.4) is 0 Å². The molecule has 0 aliphatic heterocycles. The van der Waals surface area contributed by atoms with Gasteiger partial charge in [-0.3, -0.25) is 4.90 Å². The maximum absolute atomic E-state index is 13.1. The molecule has 6 nitrogen and oxygen atoms in total. The lowest BCUT2D eigenvalue weighted by molar-refractivity contribution is -0.0581. The van der Waals surface area contributed by atoms with Crippen molar-refractivity contribution in [3.05, 3.63) is 11.6 Å². The third kappa shape index (κ3) is 11.9. The summed E-state index contributed by atoms with van der Waals surface area (Å²) >= 11 is 0. The normalized spacial score (nSPS) is 31.8. The third-order valence-corrected chi connectivity index (χ3v) is 15.0. The molecule has 4 aliphatic carbocycles. The Kier molecular flexibility index (Phi) is 17.8.